The molecule has 38 heavy (non-hydrogen) atoms. The van der Waals surface area contributed by atoms with E-state index in [0.717, 1.165) is 36.0 Å². The number of hydrogen-bond donors (Lipinski definition) is 0. The lowest BCUT2D eigenvalue weighted by atomic mass is 9.96. The van der Waals surface area contributed by atoms with Crippen LogP contribution in [0.3, 0.4) is 0 Å². The normalized spacial score (nSPS) is 13.2. The van der Waals surface area contributed by atoms with Crippen LogP contribution in [-0.2, 0) is 25.0 Å². The topological polar surface area (TPSA) is 73.7 Å². The Morgan fingerprint density at radius 2 is 1.50 bits per heavy atom. The minimum Gasteiger partial charge on any atom is -0.488 e. The molecule has 1 fully saturated rings. The molecule has 0 N–H and O–H groups in total. The summed E-state index contributed by atoms with van der Waals surface area (Å²) in [5.74, 6) is -0.267. The fraction of sp³-hybridized carbons (Fsp3) is 0.258. The van der Waals surface area contributed by atoms with E-state index in [1.165, 1.54) is 0 Å². The van der Waals surface area contributed by atoms with Gasteiger partial charge in [0.2, 0.25) is 0 Å². The number of aromatic nitrogens is 2. The number of likely N-dealkylation sites (tertiary alicyclic amines) is 1. The zero-order valence-corrected chi connectivity index (χ0v) is 21.5. The summed E-state index contributed by atoms with van der Waals surface area (Å²) in [5.41, 5.74) is 3.98. The van der Waals surface area contributed by atoms with Gasteiger partial charge in [-0.15, -0.1) is 0 Å². The molecule has 7 heteroatoms. The molecule has 3 aromatic carbocycles. The molecule has 2 heterocycles. The van der Waals surface area contributed by atoms with E-state index in [1.807, 2.05) is 78.8 Å². The predicted molar refractivity (Wildman–Crippen MR) is 145 cm³/mol. The smallest absolute Gasteiger partial charge is 0.342 e. The van der Waals surface area contributed by atoms with Crippen LogP contribution in [0, 0.1) is 0 Å². The van der Waals surface area contributed by atoms with Crippen LogP contribution in [0.1, 0.15) is 51.1 Å². The molecule has 0 radical (unpaired) electrons. The van der Waals surface area contributed by atoms with Gasteiger partial charge in [0.05, 0.1) is 11.8 Å². The summed E-state index contributed by atoms with van der Waals surface area (Å²) < 4.78 is 13.5. The molecular weight excluding hydrogens is 478 g/mol. The molecule has 1 aliphatic rings. The second-order valence-electron chi connectivity index (χ2n) is 9.49. The van der Waals surface area contributed by atoms with Gasteiger partial charge in [-0.1, -0.05) is 60.7 Å². The van der Waals surface area contributed by atoms with Crippen molar-refractivity contribution in [2.75, 3.05) is 13.1 Å². The number of rotatable bonds is 8. The molecular formula is C31H31N3O4. The van der Waals surface area contributed by atoms with E-state index in [-0.39, 0.29) is 24.7 Å². The molecule has 1 aromatic heterocycles. The van der Waals surface area contributed by atoms with E-state index < -0.39 is 5.97 Å². The average molecular weight is 510 g/mol. The van der Waals surface area contributed by atoms with Crippen molar-refractivity contribution < 1.29 is 19.1 Å². The molecule has 0 spiro atoms. The number of carbonyl (C=O) groups excluding carboxylic acids is 2. The van der Waals surface area contributed by atoms with Crippen molar-refractivity contribution in [3.05, 3.63) is 107 Å². The minimum atomic E-state index is -0.515. The Labute approximate surface area is 222 Å². The standard InChI is InChI=1S/C31H31N3O4/c1-33-20-25(19-32-33)26-17-28(31(36)38-22-24-13-7-3-8-14-24)29(37-21-23-11-5-2-6-12-23)18-27(26)30(35)34-15-9-4-10-16-34/h2-3,5-8,11-14,17-20H,4,9-10,15-16,21-22H2,1H3. The second-order valence-corrected chi connectivity index (χ2v) is 9.49. The van der Waals surface area contributed by atoms with E-state index in [2.05, 4.69) is 5.10 Å². The summed E-state index contributed by atoms with van der Waals surface area (Å²) in [5, 5.41) is 4.30. The van der Waals surface area contributed by atoms with Crippen molar-refractivity contribution in [3.63, 3.8) is 0 Å². The predicted octanol–water partition coefficient (Wildman–Crippen LogP) is 5.65. The van der Waals surface area contributed by atoms with E-state index >= 15 is 0 Å². The van der Waals surface area contributed by atoms with Gasteiger partial charge in [-0.25, -0.2) is 4.79 Å². The van der Waals surface area contributed by atoms with Crippen LogP contribution >= 0.6 is 0 Å². The van der Waals surface area contributed by atoms with E-state index in [1.54, 1.807) is 23.0 Å². The monoisotopic (exact) mass is 509 g/mol. The van der Waals surface area contributed by atoms with Crippen LogP contribution in [0.2, 0.25) is 0 Å². The van der Waals surface area contributed by atoms with Crippen LogP contribution in [0.15, 0.2) is 85.2 Å². The molecule has 1 saturated heterocycles. The summed E-state index contributed by atoms with van der Waals surface area (Å²) >= 11 is 0. The Hall–Kier alpha value is -4.39. The second kappa shape index (κ2) is 11.8. The molecule has 194 valence electrons. The van der Waals surface area contributed by atoms with Crippen LogP contribution < -0.4 is 4.74 Å². The van der Waals surface area contributed by atoms with Gasteiger partial charge < -0.3 is 14.4 Å². The lowest BCUT2D eigenvalue weighted by Crippen LogP contribution is -2.36. The van der Waals surface area contributed by atoms with Gasteiger partial charge >= 0.3 is 5.97 Å². The number of piperidine rings is 1. The number of amides is 1. The van der Waals surface area contributed by atoms with E-state index in [4.69, 9.17) is 9.47 Å². The lowest BCUT2D eigenvalue weighted by Gasteiger charge is -2.28. The summed E-state index contributed by atoms with van der Waals surface area (Å²) in [4.78, 5) is 29.0. The highest BCUT2D eigenvalue weighted by molar-refractivity contribution is 6.04. The average Bonchev–Trinajstić information content (AvgIpc) is 3.41. The summed E-state index contributed by atoms with van der Waals surface area (Å²) in [7, 11) is 1.82. The van der Waals surface area contributed by atoms with Crippen molar-refractivity contribution in [3.8, 4) is 16.9 Å². The summed E-state index contributed by atoms with van der Waals surface area (Å²) in [6, 6.07) is 22.7. The number of hydrogen-bond acceptors (Lipinski definition) is 5. The fourth-order valence-corrected chi connectivity index (χ4v) is 4.64. The maximum Gasteiger partial charge on any atom is 0.342 e. The Kier molecular flexibility index (Phi) is 7.83. The molecule has 4 aromatic rings. The Morgan fingerprint density at radius 3 is 2.13 bits per heavy atom. The highest BCUT2D eigenvalue weighted by Crippen LogP contribution is 2.33. The van der Waals surface area contributed by atoms with Crippen LogP contribution in [-0.4, -0.2) is 39.6 Å². The molecule has 0 saturated carbocycles. The van der Waals surface area contributed by atoms with Gasteiger partial charge in [0.15, 0.2) is 0 Å². The number of aryl methyl sites for hydroxylation is 1. The lowest BCUT2D eigenvalue weighted by molar-refractivity contribution is 0.0467. The van der Waals surface area contributed by atoms with E-state index in [0.29, 0.717) is 30.0 Å². The van der Waals surface area contributed by atoms with Crippen molar-refractivity contribution in [1.82, 2.24) is 14.7 Å². The van der Waals surface area contributed by atoms with Crippen molar-refractivity contribution in [2.24, 2.45) is 7.05 Å². The molecule has 0 bridgehead atoms. The third-order valence-corrected chi connectivity index (χ3v) is 6.68. The zero-order chi connectivity index (χ0) is 26.3. The first kappa shape index (κ1) is 25.3. The SMILES string of the molecule is Cn1cc(-c2cc(C(=O)OCc3ccccc3)c(OCc3ccccc3)cc2C(=O)N2CCCCC2)cn1. The number of carbonyl (C=O) groups is 2. The maximum atomic E-state index is 13.7. The van der Waals surface area contributed by atoms with Crippen molar-refractivity contribution in [1.29, 1.82) is 0 Å². The van der Waals surface area contributed by atoms with Gasteiger partial charge in [-0.2, -0.15) is 5.10 Å². The van der Waals surface area contributed by atoms with E-state index in [9.17, 15) is 9.59 Å². The van der Waals surface area contributed by atoms with Gasteiger partial charge in [0, 0.05) is 31.9 Å². The van der Waals surface area contributed by atoms with Crippen molar-refractivity contribution >= 4 is 11.9 Å². The number of nitrogens with zero attached hydrogens (tertiary/aromatic N) is 3. The van der Waals surface area contributed by atoms with Gasteiger partial charge in [-0.3, -0.25) is 9.48 Å². The largest absolute Gasteiger partial charge is 0.488 e. The Balaban J connectivity index is 1.54. The Morgan fingerprint density at radius 1 is 0.842 bits per heavy atom. The third kappa shape index (κ3) is 5.94. The fourth-order valence-electron chi connectivity index (χ4n) is 4.64. The third-order valence-electron chi connectivity index (χ3n) is 6.68. The molecule has 0 aliphatic carbocycles. The summed E-state index contributed by atoms with van der Waals surface area (Å²) in [6.45, 7) is 1.82. The molecule has 7 nitrogen and oxygen atoms in total. The van der Waals surface area contributed by atoms with Gasteiger partial charge in [0.25, 0.3) is 5.91 Å². The first-order valence-electron chi connectivity index (χ1n) is 12.9. The Bertz CT molecular complexity index is 1390. The van der Waals surface area contributed by atoms with Crippen LogP contribution in [0.5, 0.6) is 5.75 Å². The van der Waals surface area contributed by atoms with Gasteiger partial charge in [0.1, 0.15) is 24.5 Å². The molecule has 1 aliphatic heterocycles. The highest BCUT2D eigenvalue weighted by Gasteiger charge is 2.26. The number of esters is 1. The minimum absolute atomic E-state index is 0.0719. The quantitative estimate of drug-likeness (QED) is 0.287. The molecule has 5 rings (SSSR count). The van der Waals surface area contributed by atoms with Gasteiger partial charge in [-0.05, 0) is 48.1 Å². The highest BCUT2D eigenvalue weighted by atomic mass is 16.5. The molecule has 1 amide bonds. The van der Waals surface area contributed by atoms with Crippen LogP contribution in [0.4, 0.5) is 0 Å². The first-order valence-corrected chi connectivity index (χ1v) is 12.9. The zero-order valence-electron chi connectivity index (χ0n) is 21.5. The van der Waals surface area contributed by atoms with Crippen molar-refractivity contribution in [2.45, 2.75) is 32.5 Å². The molecule has 0 unspecified atom stereocenters. The maximum absolute atomic E-state index is 13.7. The molecule has 0 atom stereocenters. The number of ether oxygens (including phenoxy) is 2. The number of benzene rings is 3. The van der Waals surface area contributed by atoms with Crippen LogP contribution in [0.25, 0.3) is 11.1 Å². The summed E-state index contributed by atoms with van der Waals surface area (Å²) in [6.07, 6.45) is 6.62. The first-order chi connectivity index (χ1) is 18.6.